The second-order valence-corrected chi connectivity index (χ2v) is 11.4. The summed E-state index contributed by atoms with van der Waals surface area (Å²) in [6.45, 7) is 0.880. The molecule has 194 valence electrons. The molecule has 6 nitrogen and oxygen atoms in total. The fourth-order valence-electron chi connectivity index (χ4n) is 5.31. The molecule has 4 aromatic rings. The molecule has 2 saturated carbocycles. The van der Waals surface area contributed by atoms with Crippen LogP contribution in [0.5, 0.6) is 5.75 Å². The second kappa shape index (κ2) is 11.3. The highest BCUT2D eigenvalue weighted by Crippen LogP contribution is 2.38. The summed E-state index contributed by atoms with van der Waals surface area (Å²) in [5.74, 6) is 2.76. The molecule has 3 aromatic heterocycles. The molecule has 3 heterocycles. The van der Waals surface area contributed by atoms with Crippen LogP contribution >= 0.6 is 23.7 Å². The summed E-state index contributed by atoms with van der Waals surface area (Å²) in [7, 11) is 3.88. The number of benzene rings is 1. The maximum atomic E-state index is 5.30. The molecular formula is C29H34ClN5OS. The molecule has 37 heavy (non-hydrogen) atoms. The van der Waals surface area contributed by atoms with Crippen LogP contribution in [0.4, 0.5) is 5.82 Å². The van der Waals surface area contributed by atoms with Gasteiger partial charge >= 0.3 is 0 Å². The smallest absolute Gasteiger partial charge is 0.140 e. The number of hydrogen-bond acceptors (Lipinski definition) is 7. The Morgan fingerprint density at radius 2 is 1.86 bits per heavy atom. The van der Waals surface area contributed by atoms with Gasteiger partial charge in [-0.2, -0.15) is 0 Å². The lowest BCUT2D eigenvalue weighted by Crippen LogP contribution is -2.33. The molecule has 1 aromatic carbocycles. The van der Waals surface area contributed by atoms with E-state index in [0.29, 0.717) is 12.1 Å². The lowest BCUT2D eigenvalue weighted by Gasteiger charge is -2.26. The Morgan fingerprint density at radius 3 is 2.65 bits per heavy atom. The van der Waals surface area contributed by atoms with Crippen LogP contribution in [0.25, 0.3) is 21.3 Å². The Kier molecular flexibility index (Phi) is 7.93. The van der Waals surface area contributed by atoms with E-state index < -0.39 is 0 Å². The number of nitrogens with one attached hydrogen (secondary N) is 1. The third-order valence-corrected chi connectivity index (χ3v) is 8.73. The van der Waals surface area contributed by atoms with E-state index in [4.69, 9.17) is 9.72 Å². The molecule has 6 rings (SSSR count). The monoisotopic (exact) mass is 535 g/mol. The summed E-state index contributed by atoms with van der Waals surface area (Å²) in [6, 6.07) is 14.1. The van der Waals surface area contributed by atoms with Gasteiger partial charge in [0.2, 0.25) is 0 Å². The molecule has 0 amide bonds. The Morgan fingerprint density at radius 1 is 1.03 bits per heavy atom. The van der Waals surface area contributed by atoms with E-state index in [1.807, 2.05) is 23.6 Å². The third kappa shape index (κ3) is 5.89. The van der Waals surface area contributed by atoms with E-state index in [2.05, 4.69) is 57.6 Å². The quantitative estimate of drug-likeness (QED) is 0.272. The number of anilines is 1. The number of rotatable bonds is 9. The zero-order valence-electron chi connectivity index (χ0n) is 21.4. The van der Waals surface area contributed by atoms with Crippen LogP contribution in [-0.2, 0) is 13.0 Å². The van der Waals surface area contributed by atoms with E-state index in [0.717, 1.165) is 46.4 Å². The minimum absolute atomic E-state index is 0. The molecule has 0 radical (unpaired) electrons. The summed E-state index contributed by atoms with van der Waals surface area (Å²) in [5, 5.41) is 5.02. The van der Waals surface area contributed by atoms with Crippen LogP contribution < -0.4 is 15.0 Å². The van der Waals surface area contributed by atoms with Gasteiger partial charge in [-0.15, -0.1) is 23.7 Å². The topological polar surface area (TPSA) is 63.2 Å². The average Bonchev–Trinajstić information content (AvgIpc) is 3.43. The average molecular weight is 536 g/mol. The highest BCUT2D eigenvalue weighted by atomic mass is 35.5. The van der Waals surface area contributed by atoms with Crippen LogP contribution in [0.3, 0.4) is 0 Å². The van der Waals surface area contributed by atoms with Crippen molar-refractivity contribution in [2.24, 2.45) is 5.92 Å². The van der Waals surface area contributed by atoms with Gasteiger partial charge in [-0.1, -0.05) is 24.3 Å². The van der Waals surface area contributed by atoms with Crippen molar-refractivity contribution in [3.63, 3.8) is 0 Å². The minimum atomic E-state index is 0. The van der Waals surface area contributed by atoms with Gasteiger partial charge in [0.05, 0.1) is 18.7 Å². The van der Waals surface area contributed by atoms with E-state index in [-0.39, 0.29) is 12.4 Å². The van der Waals surface area contributed by atoms with Crippen molar-refractivity contribution < 1.29 is 4.74 Å². The van der Waals surface area contributed by atoms with Crippen molar-refractivity contribution in [3.8, 4) is 16.9 Å². The highest BCUT2D eigenvalue weighted by Gasteiger charge is 2.29. The first-order valence-corrected chi connectivity index (χ1v) is 13.8. The first-order chi connectivity index (χ1) is 17.7. The number of ether oxygens (including phenoxy) is 1. The van der Waals surface area contributed by atoms with Gasteiger partial charge in [0.15, 0.2) is 0 Å². The van der Waals surface area contributed by atoms with Gasteiger partial charge in [-0.3, -0.25) is 4.98 Å². The molecule has 1 N–H and O–H groups in total. The van der Waals surface area contributed by atoms with E-state index >= 15 is 0 Å². The molecule has 2 aliphatic carbocycles. The van der Waals surface area contributed by atoms with Gasteiger partial charge in [0, 0.05) is 42.3 Å². The largest absolute Gasteiger partial charge is 0.495 e. The molecule has 0 aliphatic heterocycles. The Hall–Kier alpha value is -2.74. The molecular weight excluding hydrogens is 502 g/mol. The third-order valence-electron chi connectivity index (χ3n) is 7.66. The van der Waals surface area contributed by atoms with Crippen LogP contribution in [0, 0.1) is 5.92 Å². The van der Waals surface area contributed by atoms with E-state index in [1.54, 1.807) is 19.6 Å². The number of hydrogen-bond donors (Lipinski definition) is 1. The van der Waals surface area contributed by atoms with Crippen molar-refractivity contribution in [1.29, 1.82) is 0 Å². The number of fused-ring (bicyclic) bond motifs is 1. The Balaban J connectivity index is 0.00000280. The van der Waals surface area contributed by atoms with Crippen LogP contribution in [0.2, 0.25) is 0 Å². The van der Waals surface area contributed by atoms with Gasteiger partial charge in [0.25, 0.3) is 0 Å². The minimum Gasteiger partial charge on any atom is -0.495 e. The number of nitrogens with zero attached hydrogens (tertiary/aromatic N) is 4. The van der Waals surface area contributed by atoms with Crippen LogP contribution in [0.1, 0.15) is 42.5 Å². The van der Waals surface area contributed by atoms with Crippen molar-refractivity contribution in [3.05, 3.63) is 65.6 Å². The van der Waals surface area contributed by atoms with Crippen molar-refractivity contribution in [2.75, 3.05) is 19.1 Å². The van der Waals surface area contributed by atoms with Crippen molar-refractivity contribution >= 4 is 39.8 Å². The first kappa shape index (κ1) is 25.9. The Labute approximate surface area is 228 Å². The van der Waals surface area contributed by atoms with Gasteiger partial charge < -0.3 is 15.0 Å². The maximum Gasteiger partial charge on any atom is 0.140 e. The summed E-state index contributed by atoms with van der Waals surface area (Å²) >= 11 is 1.85. The van der Waals surface area contributed by atoms with E-state index in [1.165, 1.54) is 47.9 Å². The SMILES string of the molecule is COc1cncc(-c2ccc(CNC3CCC(N(C)c4ncnc5sc(CC6CC6)cc45)C3)cc2)c1.Cl. The highest BCUT2D eigenvalue weighted by molar-refractivity contribution is 7.18. The summed E-state index contributed by atoms with van der Waals surface area (Å²) in [6.07, 6.45) is 12.8. The molecule has 0 bridgehead atoms. The second-order valence-electron chi connectivity index (χ2n) is 10.2. The normalized spacial score (nSPS) is 19.1. The zero-order chi connectivity index (χ0) is 24.5. The lowest BCUT2D eigenvalue weighted by atomic mass is 10.1. The molecule has 2 atom stereocenters. The zero-order valence-corrected chi connectivity index (χ0v) is 23.0. The number of methoxy groups -OCH3 is 1. The number of pyridine rings is 1. The summed E-state index contributed by atoms with van der Waals surface area (Å²) in [5.41, 5.74) is 3.52. The van der Waals surface area contributed by atoms with Gasteiger partial charge in [0.1, 0.15) is 22.7 Å². The molecule has 2 aliphatic rings. The molecule has 2 fully saturated rings. The number of aromatic nitrogens is 3. The fraction of sp³-hybridized carbons (Fsp3) is 0.414. The number of thiophene rings is 1. The van der Waals surface area contributed by atoms with Crippen LogP contribution in [0.15, 0.2) is 55.1 Å². The van der Waals surface area contributed by atoms with Gasteiger partial charge in [-0.05, 0) is 67.7 Å². The lowest BCUT2D eigenvalue weighted by molar-refractivity contribution is 0.413. The Bertz CT molecular complexity index is 1340. The van der Waals surface area contributed by atoms with Crippen molar-refractivity contribution in [1.82, 2.24) is 20.3 Å². The maximum absolute atomic E-state index is 5.30. The molecule has 2 unspecified atom stereocenters. The van der Waals surface area contributed by atoms with Gasteiger partial charge in [-0.25, -0.2) is 9.97 Å². The van der Waals surface area contributed by atoms with Crippen LogP contribution in [-0.4, -0.2) is 41.2 Å². The molecule has 8 heteroatoms. The fourth-order valence-corrected chi connectivity index (χ4v) is 6.42. The predicted octanol–water partition coefficient (Wildman–Crippen LogP) is 6.28. The molecule has 0 spiro atoms. The summed E-state index contributed by atoms with van der Waals surface area (Å²) < 4.78 is 5.30. The molecule has 0 saturated heterocycles. The summed E-state index contributed by atoms with van der Waals surface area (Å²) in [4.78, 5) is 18.5. The standard InChI is InChI=1S/C29H33N5OS.ClH/c1-34(28-27-14-26(11-19-3-4-19)36-29(27)33-18-32-28)24-10-9-23(13-24)31-15-20-5-7-21(8-6-20)22-12-25(35-2)17-30-16-22;/h5-8,12,14,16-19,23-24,31H,3-4,9-11,13,15H2,1-2H3;1H. The predicted molar refractivity (Wildman–Crippen MR) is 154 cm³/mol. The van der Waals surface area contributed by atoms with E-state index in [9.17, 15) is 0 Å². The first-order valence-electron chi connectivity index (χ1n) is 12.9. The van der Waals surface area contributed by atoms with Crippen molar-refractivity contribution in [2.45, 2.75) is 57.2 Å². The number of halogens is 1.